The molecule has 0 amide bonds. The van der Waals surface area contributed by atoms with E-state index in [1.165, 1.54) is 0 Å². The van der Waals surface area contributed by atoms with Crippen molar-refractivity contribution in [3.63, 3.8) is 0 Å². The van der Waals surface area contributed by atoms with Crippen molar-refractivity contribution in [3.05, 3.63) is 0 Å². The summed E-state index contributed by atoms with van der Waals surface area (Å²) >= 11 is 0. The van der Waals surface area contributed by atoms with E-state index in [-0.39, 0.29) is 5.60 Å². The van der Waals surface area contributed by atoms with Gasteiger partial charge in [0.05, 0.1) is 5.60 Å². The molecular formula is C8H17NO2. The van der Waals surface area contributed by atoms with Gasteiger partial charge in [0.1, 0.15) is 0 Å². The lowest BCUT2D eigenvalue weighted by atomic mass is 9.88. The van der Waals surface area contributed by atoms with Crippen molar-refractivity contribution >= 4 is 0 Å². The van der Waals surface area contributed by atoms with Crippen molar-refractivity contribution in [1.29, 1.82) is 0 Å². The maximum Gasteiger partial charge on any atom is 0.0629 e. The van der Waals surface area contributed by atoms with Crippen LogP contribution in [0.5, 0.6) is 0 Å². The lowest BCUT2D eigenvalue weighted by molar-refractivity contribution is -0.0758. The second kappa shape index (κ2) is 3.52. The molecule has 0 aromatic heterocycles. The average molecular weight is 159 g/mol. The van der Waals surface area contributed by atoms with Crippen LogP contribution in [0.3, 0.4) is 0 Å². The summed E-state index contributed by atoms with van der Waals surface area (Å²) in [4.78, 5) is 0. The summed E-state index contributed by atoms with van der Waals surface area (Å²) in [6.07, 6.45) is 2.08. The molecule has 0 saturated carbocycles. The predicted octanol–water partition coefficient (Wildman–Crippen LogP) is 1.17. The summed E-state index contributed by atoms with van der Waals surface area (Å²) < 4.78 is 5.53. The van der Waals surface area contributed by atoms with Crippen LogP contribution in [0.4, 0.5) is 0 Å². The summed E-state index contributed by atoms with van der Waals surface area (Å²) in [6.45, 7) is 5.69. The molecule has 0 bridgehead atoms. The second-order valence-electron chi connectivity index (χ2n) is 3.83. The van der Waals surface area contributed by atoms with E-state index in [1.54, 1.807) is 0 Å². The van der Waals surface area contributed by atoms with E-state index < -0.39 is 0 Å². The summed E-state index contributed by atoms with van der Waals surface area (Å²) in [5, 5.41) is 8.50. The Bertz CT molecular complexity index is 123. The standard InChI is InChI=1S/C8H17NO2/c1-8(2)5-7(6-9-10)3-4-11-8/h7,9-10H,3-6H2,1-2H3. The molecule has 1 saturated heterocycles. The highest BCUT2D eigenvalue weighted by Gasteiger charge is 2.28. The first-order valence-electron chi connectivity index (χ1n) is 4.15. The number of hydroxylamine groups is 1. The van der Waals surface area contributed by atoms with Gasteiger partial charge in [-0.05, 0) is 32.6 Å². The molecule has 1 rings (SSSR count). The molecule has 0 radical (unpaired) electrons. The Kier molecular flexibility index (Phi) is 2.87. The number of hydrogen-bond donors (Lipinski definition) is 2. The summed E-state index contributed by atoms with van der Waals surface area (Å²) in [5.41, 5.74) is 2.22. The van der Waals surface area contributed by atoms with Crippen molar-refractivity contribution in [2.24, 2.45) is 5.92 Å². The first kappa shape index (κ1) is 8.97. The van der Waals surface area contributed by atoms with Crippen LogP contribution in [-0.4, -0.2) is 24.0 Å². The number of rotatable bonds is 2. The van der Waals surface area contributed by atoms with Crippen molar-refractivity contribution in [2.45, 2.75) is 32.3 Å². The molecule has 2 N–H and O–H groups in total. The Labute approximate surface area is 67.7 Å². The zero-order valence-corrected chi connectivity index (χ0v) is 7.26. The van der Waals surface area contributed by atoms with Gasteiger partial charge in [-0.1, -0.05) is 0 Å². The Hall–Kier alpha value is -0.120. The maximum absolute atomic E-state index is 8.50. The molecule has 0 aromatic rings. The molecule has 1 heterocycles. The largest absolute Gasteiger partial charge is 0.376 e. The van der Waals surface area contributed by atoms with Gasteiger partial charge in [0.25, 0.3) is 0 Å². The molecule has 11 heavy (non-hydrogen) atoms. The Balaban J connectivity index is 2.34. The minimum absolute atomic E-state index is 0.000231. The molecule has 0 aromatic carbocycles. The van der Waals surface area contributed by atoms with Crippen LogP contribution in [0, 0.1) is 5.92 Å². The quantitative estimate of drug-likeness (QED) is 0.594. The summed E-state index contributed by atoms with van der Waals surface area (Å²) in [5.74, 6) is 0.559. The normalized spacial score (nSPS) is 30.3. The molecule has 3 heteroatoms. The third kappa shape index (κ3) is 2.77. The fourth-order valence-electron chi connectivity index (χ4n) is 1.66. The van der Waals surface area contributed by atoms with Crippen molar-refractivity contribution in [2.75, 3.05) is 13.2 Å². The van der Waals surface area contributed by atoms with Crippen LogP contribution in [-0.2, 0) is 4.74 Å². The van der Waals surface area contributed by atoms with Gasteiger partial charge in [-0.15, -0.1) is 0 Å². The lowest BCUT2D eigenvalue weighted by Gasteiger charge is -2.35. The van der Waals surface area contributed by atoms with Crippen molar-refractivity contribution in [1.82, 2.24) is 5.48 Å². The first-order valence-corrected chi connectivity index (χ1v) is 4.15. The summed E-state index contributed by atoms with van der Waals surface area (Å²) in [7, 11) is 0. The number of hydrogen-bond acceptors (Lipinski definition) is 3. The average Bonchev–Trinajstić information content (AvgIpc) is 1.85. The lowest BCUT2D eigenvalue weighted by Crippen LogP contribution is -2.37. The Morgan fingerprint density at radius 2 is 2.36 bits per heavy atom. The van der Waals surface area contributed by atoms with E-state index in [0.29, 0.717) is 12.5 Å². The Morgan fingerprint density at radius 1 is 1.64 bits per heavy atom. The predicted molar refractivity (Wildman–Crippen MR) is 42.5 cm³/mol. The van der Waals surface area contributed by atoms with E-state index in [2.05, 4.69) is 19.3 Å². The topological polar surface area (TPSA) is 41.5 Å². The van der Waals surface area contributed by atoms with Crippen LogP contribution in [0.2, 0.25) is 0 Å². The third-order valence-electron chi connectivity index (χ3n) is 2.18. The molecule has 1 aliphatic heterocycles. The molecule has 1 aliphatic rings. The fourth-order valence-corrected chi connectivity index (χ4v) is 1.66. The monoisotopic (exact) mass is 159 g/mol. The Morgan fingerprint density at radius 3 is 2.91 bits per heavy atom. The molecule has 1 fully saturated rings. The van der Waals surface area contributed by atoms with E-state index in [4.69, 9.17) is 9.94 Å². The first-order chi connectivity index (χ1) is 5.14. The molecule has 66 valence electrons. The van der Waals surface area contributed by atoms with Gasteiger partial charge in [-0.25, -0.2) is 5.48 Å². The zero-order chi connectivity index (χ0) is 8.32. The fraction of sp³-hybridized carbons (Fsp3) is 1.00. The van der Waals surface area contributed by atoms with Gasteiger partial charge in [0.15, 0.2) is 0 Å². The van der Waals surface area contributed by atoms with Crippen LogP contribution < -0.4 is 5.48 Å². The van der Waals surface area contributed by atoms with Gasteiger partial charge in [0.2, 0.25) is 0 Å². The van der Waals surface area contributed by atoms with Gasteiger partial charge < -0.3 is 9.94 Å². The van der Waals surface area contributed by atoms with E-state index in [0.717, 1.165) is 19.4 Å². The second-order valence-corrected chi connectivity index (χ2v) is 3.83. The molecule has 1 unspecified atom stereocenters. The number of ether oxygens (including phenoxy) is 1. The van der Waals surface area contributed by atoms with Crippen LogP contribution in [0.1, 0.15) is 26.7 Å². The highest BCUT2D eigenvalue weighted by atomic mass is 16.5. The van der Waals surface area contributed by atoms with Gasteiger partial charge in [-0.2, -0.15) is 0 Å². The van der Waals surface area contributed by atoms with Crippen molar-refractivity contribution in [3.8, 4) is 0 Å². The molecule has 3 nitrogen and oxygen atoms in total. The number of nitrogens with one attached hydrogen (secondary N) is 1. The van der Waals surface area contributed by atoms with Crippen LogP contribution in [0.15, 0.2) is 0 Å². The summed E-state index contributed by atoms with van der Waals surface area (Å²) in [6, 6.07) is 0. The SMILES string of the molecule is CC1(C)CC(CNO)CCO1. The highest BCUT2D eigenvalue weighted by molar-refractivity contribution is 4.78. The van der Waals surface area contributed by atoms with E-state index in [1.807, 2.05) is 0 Å². The van der Waals surface area contributed by atoms with Gasteiger partial charge >= 0.3 is 0 Å². The van der Waals surface area contributed by atoms with Crippen LogP contribution >= 0.6 is 0 Å². The molecule has 0 aliphatic carbocycles. The van der Waals surface area contributed by atoms with Gasteiger partial charge in [-0.3, -0.25) is 0 Å². The molecular weight excluding hydrogens is 142 g/mol. The van der Waals surface area contributed by atoms with E-state index in [9.17, 15) is 0 Å². The molecule has 1 atom stereocenters. The van der Waals surface area contributed by atoms with Gasteiger partial charge in [0, 0.05) is 13.2 Å². The maximum atomic E-state index is 8.50. The highest BCUT2D eigenvalue weighted by Crippen LogP contribution is 2.27. The van der Waals surface area contributed by atoms with Crippen LogP contribution in [0.25, 0.3) is 0 Å². The minimum atomic E-state index is -0.000231. The van der Waals surface area contributed by atoms with Crippen molar-refractivity contribution < 1.29 is 9.94 Å². The minimum Gasteiger partial charge on any atom is -0.376 e. The smallest absolute Gasteiger partial charge is 0.0629 e. The van der Waals surface area contributed by atoms with E-state index >= 15 is 0 Å². The molecule has 0 spiro atoms. The zero-order valence-electron chi connectivity index (χ0n) is 7.26. The third-order valence-corrected chi connectivity index (χ3v) is 2.18.